The monoisotopic (exact) mass is 354 g/mol. The molecule has 2 aliphatic rings. The van der Waals surface area contributed by atoms with Gasteiger partial charge < -0.3 is 0 Å². The van der Waals surface area contributed by atoms with Crippen molar-refractivity contribution in [2.24, 2.45) is 11.8 Å². The van der Waals surface area contributed by atoms with Crippen LogP contribution in [0.5, 0.6) is 0 Å². The molecule has 1 N–H and O–H groups in total. The van der Waals surface area contributed by atoms with Crippen LogP contribution in [0, 0.1) is 11.8 Å². The molecule has 1 saturated heterocycles. The fraction of sp³-hybridized carbons (Fsp3) is 0.643. The molecular formula is C14H18N4O3S2. The second kappa shape index (κ2) is 6.96. The molecule has 1 aromatic rings. The van der Waals surface area contributed by atoms with Crippen LogP contribution in [0.1, 0.15) is 32.6 Å². The van der Waals surface area contributed by atoms with E-state index in [0.29, 0.717) is 5.13 Å². The van der Waals surface area contributed by atoms with Crippen LogP contribution < -0.4 is 5.32 Å². The first kappa shape index (κ1) is 16.4. The van der Waals surface area contributed by atoms with Gasteiger partial charge in [0.05, 0.1) is 11.8 Å². The number of fused-ring (bicyclic) bond motifs is 1. The first-order valence-electron chi connectivity index (χ1n) is 7.71. The number of thioether (sulfide) groups is 1. The summed E-state index contributed by atoms with van der Waals surface area (Å²) in [6.45, 7) is 1.77. The average Bonchev–Trinajstić information content (AvgIpc) is 3.07. The first-order valence-corrected chi connectivity index (χ1v) is 9.51. The van der Waals surface area contributed by atoms with Crippen molar-refractivity contribution in [3.63, 3.8) is 0 Å². The molecular weight excluding hydrogens is 336 g/mol. The van der Waals surface area contributed by atoms with Crippen molar-refractivity contribution in [2.45, 2.75) is 36.9 Å². The minimum atomic E-state index is -0.408. The zero-order valence-electron chi connectivity index (χ0n) is 12.8. The van der Waals surface area contributed by atoms with Crippen molar-refractivity contribution in [3.8, 4) is 0 Å². The summed E-state index contributed by atoms with van der Waals surface area (Å²) in [5, 5.41) is 10.8. The summed E-state index contributed by atoms with van der Waals surface area (Å²) < 4.78 is 0.780. The summed E-state index contributed by atoms with van der Waals surface area (Å²) in [5.41, 5.74) is 0. The Hall–Kier alpha value is -1.48. The summed E-state index contributed by atoms with van der Waals surface area (Å²) in [6.07, 6.45) is 3.45. The third-order valence-electron chi connectivity index (χ3n) is 4.15. The van der Waals surface area contributed by atoms with Crippen LogP contribution in [0.25, 0.3) is 0 Å². The number of carbonyl (C=O) groups is 3. The molecule has 2 fully saturated rings. The summed E-state index contributed by atoms with van der Waals surface area (Å²) >= 11 is 2.83. The lowest BCUT2D eigenvalue weighted by Gasteiger charge is -2.19. The molecule has 0 aromatic carbocycles. The summed E-state index contributed by atoms with van der Waals surface area (Å²) in [7, 11) is 0. The molecule has 3 rings (SSSR count). The van der Waals surface area contributed by atoms with E-state index in [1.54, 1.807) is 11.8 Å². The SMILES string of the molecule is CCSc1nnc(NC(=O)CN2C(=O)[C@@H]3CCCC[C@H]3C2=O)s1. The molecule has 0 unspecified atom stereocenters. The highest BCUT2D eigenvalue weighted by atomic mass is 32.2. The molecule has 7 nitrogen and oxygen atoms in total. The van der Waals surface area contributed by atoms with E-state index < -0.39 is 5.91 Å². The molecule has 1 aromatic heterocycles. The van der Waals surface area contributed by atoms with Gasteiger partial charge in [-0.15, -0.1) is 10.2 Å². The Bertz CT molecular complexity index is 609. The van der Waals surface area contributed by atoms with Gasteiger partial charge in [0.25, 0.3) is 0 Å². The van der Waals surface area contributed by atoms with Crippen LogP contribution in [-0.4, -0.2) is 45.1 Å². The fourth-order valence-electron chi connectivity index (χ4n) is 3.13. The predicted octanol–water partition coefficient (Wildman–Crippen LogP) is 1.76. The third kappa shape index (κ3) is 3.40. The molecule has 3 amide bonds. The Kier molecular flexibility index (Phi) is 4.96. The number of likely N-dealkylation sites (tertiary alicyclic amines) is 1. The molecule has 1 aliphatic carbocycles. The van der Waals surface area contributed by atoms with Gasteiger partial charge >= 0.3 is 0 Å². The average molecular weight is 354 g/mol. The van der Waals surface area contributed by atoms with Gasteiger partial charge in [-0.05, 0) is 18.6 Å². The lowest BCUT2D eigenvalue weighted by atomic mass is 9.81. The van der Waals surface area contributed by atoms with E-state index in [1.165, 1.54) is 11.3 Å². The minimum Gasteiger partial charge on any atom is -0.299 e. The lowest BCUT2D eigenvalue weighted by Crippen LogP contribution is -2.38. The van der Waals surface area contributed by atoms with E-state index in [2.05, 4.69) is 15.5 Å². The number of hydrogen-bond acceptors (Lipinski definition) is 7. The molecule has 2 atom stereocenters. The zero-order chi connectivity index (χ0) is 16.4. The van der Waals surface area contributed by atoms with Gasteiger partial charge in [-0.3, -0.25) is 24.6 Å². The van der Waals surface area contributed by atoms with Gasteiger partial charge in [0.2, 0.25) is 22.9 Å². The second-order valence-electron chi connectivity index (χ2n) is 5.61. The molecule has 124 valence electrons. The minimum absolute atomic E-state index is 0.200. The maximum absolute atomic E-state index is 12.3. The van der Waals surface area contributed by atoms with Crippen LogP contribution in [0.3, 0.4) is 0 Å². The molecule has 23 heavy (non-hydrogen) atoms. The normalized spacial score (nSPS) is 24.0. The summed E-state index contributed by atoms with van der Waals surface area (Å²) in [6, 6.07) is 0. The largest absolute Gasteiger partial charge is 0.299 e. The number of imide groups is 1. The van der Waals surface area contributed by atoms with Crippen molar-refractivity contribution in [3.05, 3.63) is 0 Å². The van der Waals surface area contributed by atoms with Crippen LogP contribution in [0.4, 0.5) is 5.13 Å². The first-order chi connectivity index (χ1) is 11.1. The lowest BCUT2D eigenvalue weighted by molar-refractivity contribution is -0.142. The Morgan fingerprint density at radius 1 is 1.26 bits per heavy atom. The van der Waals surface area contributed by atoms with E-state index in [4.69, 9.17) is 0 Å². The fourth-order valence-corrected chi connectivity index (χ4v) is 4.80. The van der Waals surface area contributed by atoms with E-state index in [0.717, 1.165) is 40.7 Å². The molecule has 0 radical (unpaired) electrons. The van der Waals surface area contributed by atoms with Gasteiger partial charge in [0.15, 0.2) is 4.34 Å². The smallest absolute Gasteiger partial charge is 0.246 e. The number of amides is 3. The van der Waals surface area contributed by atoms with E-state index in [1.807, 2.05) is 6.92 Å². The number of hydrogen-bond donors (Lipinski definition) is 1. The van der Waals surface area contributed by atoms with Crippen molar-refractivity contribution < 1.29 is 14.4 Å². The number of rotatable bonds is 5. The Balaban J connectivity index is 1.60. The van der Waals surface area contributed by atoms with E-state index in [9.17, 15) is 14.4 Å². The van der Waals surface area contributed by atoms with Crippen LogP contribution in [0.2, 0.25) is 0 Å². The highest BCUT2D eigenvalue weighted by Crippen LogP contribution is 2.37. The second-order valence-corrected chi connectivity index (χ2v) is 8.10. The maximum atomic E-state index is 12.3. The number of aromatic nitrogens is 2. The number of carbonyl (C=O) groups excluding carboxylic acids is 3. The van der Waals surface area contributed by atoms with Gasteiger partial charge in [-0.2, -0.15) is 0 Å². The van der Waals surface area contributed by atoms with E-state index >= 15 is 0 Å². The molecule has 1 aliphatic heterocycles. The molecule has 0 spiro atoms. The van der Waals surface area contributed by atoms with Crippen molar-refractivity contribution in [1.82, 2.24) is 15.1 Å². The van der Waals surface area contributed by atoms with Crippen LogP contribution in [-0.2, 0) is 14.4 Å². The zero-order valence-corrected chi connectivity index (χ0v) is 14.4. The molecule has 1 saturated carbocycles. The quantitative estimate of drug-likeness (QED) is 0.492. The van der Waals surface area contributed by atoms with Crippen molar-refractivity contribution in [2.75, 3.05) is 17.6 Å². The Labute approximate surface area is 142 Å². The number of nitrogens with one attached hydrogen (secondary N) is 1. The number of anilines is 1. The van der Waals surface area contributed by atoms with Crippen molar-refractivity contribution >= 4 is 46.0 Å². The highest BCUT2D eigenvalue weighted by Gasteiger charge is 2.48. The van der Waals surface area contributed by atoms with Crippen LogP contribution >= 0.6 is 23.1 Å². The molecule has 2 heterocycles. The summed E-state index contributed by atoms with van der Waals surface area (Å²) in [4.78, 5) is 37.9. The van der Waals surface area contributed by atoms with Gasteiger partial charge in [-0.25, -0.2) is 0 Å². The maximum Gasteiger partial charge on any atom is 0.246 e. The van der Waals surface area contributed by atoms with Crippen molar-refractivity contribution in [1.29, 1.82) is 0 Å². The van der Waals surface area contributed by atoms with Gasteiger partial charge in [-0.1, -0.05) is 42.9 Å². The van der Waals surface area contributed by atoms with E-state index in [-0.39, 0.29) is 30.2 Å². The third-order valence-corrected chi connectivity index (χ3v) is 6.01. The Morgan fingerprint density at radius 3 is 2.52 bits per heavy atom. The standard InChI is InChI=1S/C14H18N4O3S2/c1-2-22-14-17-16-13(23-14)15-10(19)7-18-11(20)8-5-3-4-6-9(8)12(18)21/h8-9H,2-7H2,1H3,(H,15,16,19)/t8-,9-/m1/s1. The molecule has 9 heteroatoms. The van der Waals surface area contributed by atoms with Crippen LogP contribution in [0.15, 0.2) is 4.34 Å². The predicted molar refractivity (Wildman–Crippen MR) is 87.1 cm³/mol. The Morgan fingerprint density at radius 2 is 1.91 bits per heavy atom. The van der Waals surface area contributed by atoms with Gasteiger partial charge in [0, 0.05) is 0 Å². The summed E-state index contributed by atoms with van der Waals surface area (Å²) in [5.74, 6) is -0.378. The topological polar surface area (TPSA) is 92.3 Å². The highest BCUT2D eigenvalue weighted by molar-refractivity contribution is 8.01. The molecule has 0 bridgehead atoms. The number of nitrogens with zero attached hydrogens (tertiary/aromatic N) is 3. The van der Waals surface area contributed by atoms with Gasteiger partial charge in [0.1, 0.15) is 6.54 Å².